The van der Waals surface area contributed by atoms with E-state index in [-0.39, 0.29) is 0 Å². The zero-order chi connectivity index (χ0) is 16.4. The van der Waals surface area contributed by atoms with Gasteiger partial charge in [-0.15, -0.1) is 0 Å². The van der Waals surface area contributed by atoms with Crippen LogP contribution >= 0.6 is 0 Å². The number of carbonyl (C=O) groups is 1. The van der Waals surface area contributed by atoms with E-state index in [9.17, 15) is 4.79 Å². The van der Waals surface area contributed by atoms with Gasteiger partial charge in [0.1, 0.15) is 0 Å². The highest BCUT2D eigenvalue weighted by atomic mass is 16.1. The van der Waals surface area contributed by atoms with Crippen LogP contribution in [0.1, 0.15) is 54.6 Å². The van der Waals surface area contributed by atoms with Crippen LogP contribution in [0.3, 0.4) is 0 Å². The van der Waals surface area contributed by atoms with Gasteiger partial charge in [0.15, 0.2) is 6.29 Å². The Labute approximate surface area is 137 Å². The van der Waals surface area contributed by atoms with Crippen LogP contribution < -0.4 is 0 Å². The Kier molecular flexibility index (Phi) is 4.33. The normalized spacial score (nSPS) is 12.5. The summed E-state index contributed by atoms with van der Waals surface area (Å²) in [5, 5.41) is 1.02. The molecule has 0 spiro atoms. The standard InChI is InChI=1S/C21H23NO/c1-4-14(3)17-10-11-20-18(12-17)19(13-23)21(22-20)16-8-6-15(5-2)7-9-16/h6-14,22H,4-5H2,1-3H3. The number of nitrogens with one attached hydrogen (secondary N) is 1. The van der Waals surface area contributed by atoms with Crippen LogP contribution in [0.15, 0.2) is 42.5 Å². The molecular weight excluding hydrogens is 282 g/mol. The number of aromatic amines is 1. The Hall–Kier alpha value is -2.35. The van der Waals surface area contributed by atoms with E-state index >= 15 is 0 Å². The second kappa shape index (κ2) is 6.41. The van der Waals surface area contributed by atoms with Crippen LogP contribution in [-0.2, 0) is 6.42 Å². The average molecular weight is 305 g/mol. The summed E-state index contributed by atoms with van der Waals surface area (Å²) >= 11 is 0. The first-order valence-electron chi connectivity index (χ1n) is 8.38. The van der Waals surface area contributed by atoms with Gasteiger partial charge in [0.25, 0.3) is 0 Å². The van der Waals surface area contributed by atoms with Crippen molar-refractivity contribution in [2.45, 2.75) is 39.5 Å². The van der Waals surface area contributed by atoms with Gasteiger partial charge in [-0.1, -0.05) is 51.1 Å². The fraction of sp³-hybridized carbons (Fsp3) is 0.286. The van der Waals surface area contributed by atoms with Crippen molar-refractivity contribution < 1.29 is 4.79 Å². The summed E-state index contributed by atoms with van der Waals surface area (Å²) in [6.07, 6.45) is 3.09. The van der Waals surface area contributed by atoms with Crippen molar-refractivity contribution in [3.63, 3.8) is 0 Å². The van der Waals surface area contributed by atoms with Gasteiger partial charge in [0.2, 0.25) is 0 Å². The van der Waals surface area contributed by atoms with E-state index in [1.807, 2.05) is 0 Å². The summed E-state index contributed by atoms with van der Waals surface area (Å²) in [5.74, 6) is 0.501. The molecule has 2 heteroatoms. The fourth-order valence-electron chi connectivity index (χ4n) is 3.03. The number of aldehydes is 1. The van der Waals surface area contributed by atoms with Gasteiger partial charge in [0.05, 0.1) is 5.69 Å². The minimum Gasteiger partial charge on any atom is -0.354 e. The molecule has 1 aromatic heterocycles. The van der Waals surface area contributed by atoms with Crippen molar-refractivity contribution in [3.05, 3.63) is 59.2 Å². The highest BCUT2D eigenvalue weighted by Gasteiger charge is 2.14. The number of benzene rings is 2. The van der Waals surface area contributed by atoms with Crippen molar-refractivity contribution in [1.29, 1.82) is 0 Å². The maximum absolute atomic E-state index is 11.7. The minimum atomic E-state index is 0.501. The molecule has 1 unspecified atom stereocenters. The van der Waals surface area contributed by atoms with Gasteiger partial charge >= 0.3 is 0 Å². The van der Waals surface area contributed by atoms with Gasteiger partial charge in [-0.2, -0.15) is 0 Å². The zero-order valence-corrected chi connectivity index (χ0v) is 14.0. The zero-order valence-electron chi connectivity index (χ0n) is 14.0. The van der Waals surface area contributed by atoms with E-state index in [2.05, 4.69) is 68.2 Å². The minimum absolute atomic E-state index is 0.501. The smallest absolute Gasteiger partial charge is 0.152 e. The lowest BCUT2D eigenvalue weighted by Crippen LogP contribution is -1.91. The maximum Gasteiger partial charge on any atom is 0.152 e. The summed E-state index contributed by atoms with van der Waals surface area (Å²) < 4.78 is 0. The van der Waals surface area contributed by atoms with Crippen molar-refractivity contribution in [2.24, 2.45) is 0 Å². The topological polar surface area (TPSA) is 32.9 Å². The summed E-state index contributed by atoms with van der Waals surface area (Å²) in [5.41, 5.74) is 6.35. The predicted octanol–water partition coefficient (Wildman–Crippen LogP) is 5.72. The van der Waals surface area contributed by atoms with Crippen LogP contribution in [-0.4, -0.2) is 11.3 Å². The number of aromatic nitrogens is 1. The Morgan fingerprint density at radius 3 is 2.43 bits per heavy atom. The molecule has 0 fully saturated rings. The van der Waals surface area contributed by atoms with Crippen LogP contribution in [0, 0.1) is 0 Å². The molecule has 2 nitrogen and oxygen atoms in total. The molecule has 1 N–H and O–H groups in total. The van der Waals surface area contributed by atoms with Gasteiger partial charge in [0, 0.05) is 16.5 Å². The van der Waals surface area contributed by atoms with Crippen LogP contribution in [0.2, 0.25) is 0 Å². The summed E-state index contributed by atoms with van der Waals surface area (Å²) in [4.78, 5) is 15.2. The molecular formula is C21H23NO. The highest BCUT2D eigenvalue weighted by Crippen LogP contribution is 2.32. The Morgan fingerprint density at radius 1 is 1.09 bits per heavy atom. The Bertz CT molecular complexity index is 827. The number of H-pyrrole nitrogens is 1. The van der Waals surface area contributed by atoms with Crippen LogP contribution in [0.4, 0.5) is 0 Å². The molecule has 0 radical (unpaired) electrons. The molecule has 23 heavy (non-hydrogen) atoms. The van der Waals surface area contributed by atoms with E-state index in [1.165, 1.54) is 11.1 Å². The second-order valence-electron chi connectivity index (χ2n) is 6.20. The van der Waals surface area contributed by atoms with Gasteiger partial charge in [-0.25, -0.2) is 0 Å². The molecule has 118 valence electrons. The molecule has 0 amide bonds. The molecule has 1 heterocycles. The maximum atomic E-state index is 11.7. The third kappa shape index (κ3) is 2.81. The molecule has 0 saturated heterocycles. The number of rotatable bonds is 5. The quantitative estimate of drug-likeness (QED) is 0.600. The highest BCUT2D eigenvalue weighted by molar-refractivity contribution is 6.04. The van der Waals surface area contributed by atoms with E-state index in [4.69, 9.17) is 0 Å². The van der Waals surface area contributed by atoms with Crippen molar-refractivity contribution in [3.8, 4) is 11.3 Å². The van der Waals surface area contributed by atoms with Crippen molar-refractivity contribution in [2.75, 3.05) is 0 Å². The number of aryl methyl sites for hydroxylation is 1. The van der Waals surface area contributed by atoms with E-state index in [1.54, 1.807) is 0 Å². The number of hydrogen-bond acceptors (Lipinski definition) is 1. The summed E-state index contributed by atoms with van der Waals surface area (Å²) in [7, 11) is 0. The van der Waals surface area contributed by atoms with Crippen LogP contribution in [0.5, 0.6) is 0 Å². The molecule has 2 aromatic carbocycles. The lowest BCUT2D eigenvalue weighted by Gasteiger charge is -2.08. The first-order chi connectivity index (χ1) is 11.2. The number of carbonyl (C=O) groups excluding carboxylic acids is 1. The Morgan fingerprint density at radius 2 is 1.83 bits per heavy atom. The van der Waals surface area contributed by atoms with Crippen molar-refractivity contribution >= 4 is 17.2 Å². The first kappa shape index (κ1) is 15.5. The van der Waals surface area contributed by atoms with Gasteiger partial charge < -0.3 is 4.98 Å². The van der Waals surface area contributed by atoms with E-state index in [0.717, 1.165) is 46.9 Å². The van der Waals surface area contributed by atoms with E-state index < -0.39 is 0 Å². The number of hydrogen-bond donors (Lipinski definition) is 1. The van der Waals surface area contributed by atoms with Crippen molar-refractivity contribution in [1.82, 2.24) is 4.98 Å². The molecule has 3 rings (SSSR count). The van der Waals surface area contributed by atoms with Gasteiger partial charge in [-0.3, -0.25) is 4.79 Å². The third-order valence-electron chi connectivity index (χ3n) is 4.81. The molecule has 0 saturated carbocycles. The van der Waals surface area contributed by atoms with Crippen LogP contribution in [0.25, 0.3) is 22.2 Å². The number of fused-ring (bicyclic) bond motifs is 1. The molecule has 1 atom stereocenters. The molecule has 0 aliphatic rings. The molecule has 3 aromatic rings. The lowest BCUT2D eigenvalue weighted by molar-refractivity contribution is 0.112. The summed E-state index contributed by atoms with van der Waals surface area (Å²) in [6, 6.07) is 14.8. The first-order valence-corrected chi connectivity index (χ1v) is 8.38. The Balaban J connectivity index is 2.15. The second-order valence-corrected chi connectivity index (χ2v) is 6.20. The molecule has 0 aliphatic carbocycles. The third-order valence-corrected chi connectivity index (χ3v) is 4.81. The lowest BCUT2D eigenvalue weighted by atomic mass is 9.96. The largest absolute Gasteiger partial charge is 0.354 e. The van der Waals surface area contributed by atoms with E-state index in [0.29, 0.717) is 5.92 Å². The molecule has 0 bridgehead atoms. The predicted molar refractivity (Wildman–Crippen MR) is 97.2 cm³/mol. The monoisotopic (exact) mass is 305 g/mol. The SMILES string of the molecule is CCc1ccc(-c2[nH]c3ccc(C(C)CC)cc3c2C=O)cc1. The van der Waals surface area contributed by atoms with Gasteiger partial charge in [-0.05, 0) is 47.6 Å². The summed E-state index contributed by atoms with van der Waals surface area (Å²) in [6.45, 7) is 6.55. The average Bonchev–Trinajstić information content (AvgIpc) is 2.98. The fourth-order valence-corrected chi connectivity index (χ4v) is 3.03. The molecule has 0 aliphatic heterocycles.